The molecule has 0 saturated heterocycles. The van der Waals surface area contributed by atoms with E-state index >= 15 is 0 Å². The maximum absolute atomic E-state index is 11.4. The fourth-order valence-corrected chi connectivity index (χ4v) is 4.66. The summed E-state index contributed by atoms with van der Waals surface area (Å²) in [5.41, 5.74) is 3.56. The van der Waals surface area contributed by atoms with Crippen molar-refractivity contribution < 1.29 is 24.8 Å². The lowest BCUT2D eigenvalue weighted by molar-refractivity contribution is 0.246. The van der Waals surface area contributed by atoms with Crippen LogP contribution in [-0.4, -0.2) is 29.0 Å². The smallest absolute Gasteiger partial charge is 0.126 e. The molecule has 1 aliphatic heterocycles. The number of phenolic OH excluding ortho intramolecular Hbond substituents is 3. The Morgan fingerprint density at radius 3 is 2.34 bits per heavy atom. The van der Waals surface area contributed by atoms with E-state index in [1.54, 1.807) is 31.4 Å². The van der Waals surface area contributed by atoms with Gasteiger partial charge in [-0.1, -0.05) is 44.0 Å². The van der Waals surface area contributed by atoms with Gasteiger partial charge in [-0.2, -0.15) is 0 Å². The molecule has 0 spiro atoms. The molecule has 32 heavy (non-hydrogen) atoms. The summed E-state index contributed by atoms with van der Waals surface area (Å²) in [7, 11) is 1.63. The summed E-state index contributed by atoms with van der Waals surface area (Å²) in [4.78, 5) is 0. The van der Waals surface area contributed by atoms with Crippen molar-refractivity contribution in [3.05, 3.63) is 76.9 Å². The largest absolute Gasteiger partial charge is 0.508 e. The average molecular weight is 435 g/mol. The van der Waals surface area contributed by atoms with E-state index in [0.29, 0.717) is 18.1 Å². The van der Waals surface area contributed by atoms with Gasteiger partial charge in [-0.05, 0) is 42.7 Å². The molecule has 3 aromatic carbocycles. The molecule has 4 rings (SSSR count). The zero-order chi connectivity index (χ0) is 22.7. The molecule has 3 N–H and O–H groups in total. The Balaban J connectivity index is 1.85. The third kappa shape index (κ3) is 4.20. The molecule has 2 atom stereocenters. The van der Waals surface area contributed by atoms with Crippen molar-refractivity contribution in [1.82, 2.24) is 0 Å². The quantitative estimate of drug-likeness (QED) is 0.406. The lowest BCUT2D eigenvalue weighted by atomic mass is 9.75. The van der Waals surface area contributed by atoms with Crippen molar-refractivity contribution >= 4 is 0 Å². The van der Waals surface area contributed by atoms with Crippen LogP contribution in [-0.2, 0) is 6.42 Å². The molecule has 0 aliphatic carbocycles. The van der Waals surface area contributed by atoms with Gasteiger partial charge in [0.25, 0.3) is 0 Å². The minimum absolute atomic E-state index is 0.0737. The van der Waals surface area contributed by atoms with Crippen molar-refractivity contribution in [1.29, 1.82) is 0 Å². The van der Waals surface area contributed by atoms with Gasteiger partial charge in [0.1, 0.15) is 28.7 Å². The number of hydrogen-bond acceptors (Lipinski definition) is 5. The highest BCUT2D eigenvalue weighted by Gasteiger charge is 2.36. The molecule has 168 valence electrons. The molecular formula is C27H30O5. The SMILES string of the molecule is CCCCCc1c(OC)ccc(C2c3ccc(O)cc3OCC2c2ccc(O)cc2)c1O. The van der Waals surface area contributed by atoms with Gasteiger partial charge in [0, 0.05) is 34.6 Å². The predicted octanol–water partition coefficient (Wildman–Crippen LogP) is 5.85. The molecule has 5 heteroatoms. The summed E-state index contributed by atoms with van der Waals surface area (Å²) in [6, 6.07) is 16.1. The van der Waals surface area contributed by atoms with Gasteiger partial charge in [-0.25, -0.2) is 0 Å². The second-order valence-corrected chi connectivity index (χ2v) is 8.35. The van der Waals surface area contributed by atoms with Crippen LogP contribution in [0.15, 0.2) is 54.6 Å². The van der Waals surface area contributed by atoms with Gasteiger partial charge in [0.2, 0.25) is 0 Å². The molecule has 0 aromatic heterocycles. The first-order valence-corrected chi connectivity index (χ1v) is 11.2. The molecule has 0 amide bonds. The van der Waals surface area contributed by atoms with E-state index in [4.69, 9.17) is 9.47 Å². The number of fused-ring (bicyclic) bond motifs is 1. The zero-order valence-corrected chi connectivity index (χ0v) is 18.5. The van der Waals surface area contributed by atoms with Crippen molar-refractivity contribution in [2.24, 2.45) is 0 Å². The number of unbranched alkanes of at least 4 members (excludes halogenated alkanes) is 2. The third-order valence-corrected chi connectivity index (χ3v) is 6.33. The van der Waals surface area contributed by atoms with Crippen LogP contribution >= 0.6 is 0 Å². The van der Waals surface area contributed by atoms with E-state index in [-0.39, 0.29) is 29.1 Å². The second kappa shape index (κ2) is 9.43. The molecule has 0 radical (unpaired) electrons. The maximum Gasteiger partial charge on any atom is 0.126 e. The molecule has 5 nitrogen and oxygen atoms in total. The molecule has 3 aromatic rings. The second-order valence-electron chi connectivity index (χ2n) is 8.35. The van der Waals surface area contributed by atoms with Gasteiger partial charge in [0.15, 0.2) is 0 Å². The van der Waals surface area contributed by atoms with E-state index in [0.717, 1.165) is 47.9 Å². The highest BCUT2D eigenvalue weighted by Crippen LogP contribution is 2.50. The molecule has 2 unspecified atom stereocenters. The van der Waals surface area contributed by atoms with E-state index < -0.39 is 0 Å². The molecule has 1 heterocycles. The Kier molecular flexibility index (Phi) is 6.45. The summed E-state index contributed by atoms with van der Waals surface area (Å²) in [5, 5.41) is 31.2. The Bertz CT molecular complexity index is 1070. The van der Waals surface area contributed by atoms with Crippen LogP contribution in [0.2, 0.25) is 0 Å². The van der Waals surface area contributed by atoms with Crippen molar-refractivity contribution in [2.75, 3.05) is 13.7 Å². The average Bonchev–Trinajstić information content (AvgIpc) is 2.80. The van der Waals surface area contributed by atoms with Crippen LogP contribution in [0.25, 0.3) is 0 Å². The van der Waals surface area contributed by atoms with Crippen molar-refractivity contribution in [2.45, 2.75) is 44.4 Å². The number of methoxy groups -OCH3 is 1. The van der Waals surface area contributed by atoms with Crippen LogP contribution in [0, 0.1) is 0 Å². The first kappa shape index (κ1) is 21.9. The summed E-state index contributed by atoms with van der Waals surface area (Å²) < 4.78 is 11.6. The lowest BCUT2D eigenvalue weighted by Crippen LogP contribution is -2.25. The van der Waals surface area contributed by atoms with Gasteiger partial charge < -0.3 is 24.8 Å². The Labute approximate surface area is 188 Å². The van der Waals surface area contributed by atoms with Gasteiger partial charge >= 0.3 is 0 Å². The Hall–Kier alpha value is -3.34. The van der Waals surface area contributed by atoms with Crippen LogP contribution < -0.4 is 9.47 Å². The third-order valence-electron chi connectivity index (χ3n) is 6.33. The van der Waals surface area contributed by atoms with Crippen LogP contribution in [0.5, 0.6) is 28.7 Å². The number of rotatable bonds is 7. The van der Waals surface area contributed by atoms with Gasteiger partial charge in [0.05, 0.1) is 13.7 Å². The summed E-state index contributed by atoms with van der Waals surface area (Å²) >= 11 is 0. The van der Waals surface area contributed by atoms with Gasteiger partial charge in [-0.3, -0.25) is 0 Å². The van der Waals surface area contributed by atoms with Crippen molar-refractivity contribution in [3.63, 3.8) is 0 Å². The summed E-state index contributed by atoms with van der Waals surface area (Å²) in [6.07, 6.45) is 3.90. The fourth-order valence-electron chi connectivity index (χ4n) is 4.66. The summed E-state index contributed by atoms with van der Waals surface area (Å²) in [5.74, 6) is 1.67. The van der Waals surface area contributed by atoms with Crippen molar-refractivity contribution in [3.8, 4) is 28.7 Å². The molecule has 0 saturated carbocycles. The maximum atomic E-state index is 11.4. The number of ether oxygens (including phenoxy) is 2. The zero-order valence-electron chi connectivity index (χ0n) is 18.5. The topological polar surface area (TPSA) is 79.2 Å². The Morgan fingerprint density at radius 2 is 1.62 bits per heavy atom. The number of phenols is 3. The standard InChI is InChI=1S/C27H30O5/c1-3-4-5-6-21-24(31-2)14-13-22(27(21)30)26-20-12-11-19(29)15-25(20)32-16-23(26)17-7-9-18(28)10-8-17/h7-15,23,26,28-30H,3-6,16H2,1-2H3. The number of aromatic hydroxyl groups is 3. The van der Waals surface area contributed by atoms with Crippen LogP contribution in [0.1, 0.15) is 60.3 Å². The monoisotopic (exact) mass is 434 g/mol. The highest BCUT2D eigenvalue weighted by atomic mass is 16.5. The van der Waals surface area contributed by atoms with E-state index in [1.165, 1.54) is 0 Å². The Morgan fingerprint density at radius 1 is 0.906 bits per heavy atom. The van der Waals surface area contributed by atoms with E-state index in [1.807, 2.05) is 30.3 Å². The number of hydrogen-bond donors (Lipinski definition) is 3. The fraction of sp³-hybridized carbons (Fsp3) is 0.333. The molecule has 1 aliphatic rings. The minimum Gasteiger partial charge on any atom is -0.508 e. The van der Waals surface area contributed by atoms with E-state index in [2.05, 4.69) is 6.92 Å². The molecule has 0 fully saturated rings. The first-order valence-electron chi connectivity index (χ1n) is 11.2. The molecule has 0 bridgehead atoms. The minimum atomic E-state index is -0.181. The predicted molar refractivity (Wildman–Crippen MR) is 124 cm³/mol. The van der Waals surface area contributed by atoms with Crippen LogP contribution in [0.3, 0.4) is 0 Å². The lowest BCUT2D eigenvalue weighted by Gasteiger charge is -2.35. The molecular weight excluding hydrogens is 404 g/mol. The van der Waals surface area contributed by atoms with Gasteiger partial charge in [-0.15, -0.1) is 0 Å². The highest BCUT2D eigenvalue weighted by molar-refractivity contribution is 5.57. The van der Waals surface area contributed by atoms with E-state index in [9.17, 15) is 15.3 Å². The normalized spacial score (nSPS) is 17.4. The number of benzene rings is 3. The first-order chi connectivity index (χ1) is 15.5. The summed E-state index contributed by atoms with van der Waals surface area (Å²) in [6.45, 7) is 2.55. The van der Waals surface area contributed by atoms with Crippen LogP contribution in [0.4, 0.5) is 0 Å².